The van der Waals surface area contributed by atoms with Crippen LogP contribution in [0, 0.1) is 0 Å². The lowest BCUT2D eigenvalue weighted by Crippen LogP contribution is -2.48. The van der Waals surface area contributed by atoms with E-state index in [2.05, 4.69) is 16.7 Å². The summed E-state index contributed by atoms with van der Waals surface area (Å²) in [6.45, 7) is 11.2. The Balaban J connectivity index is 2.17. The Morgan fingerprint density at radius 3 is 2.06 bits per heavy atom. The number of aliphatic hydroxyl groups is 1. The highest BCUT2D eigenvalue weighted by Crippen LogP contribution is 2.10. The SMILES string of the molecule is CCCN1CCN(CCC(C)(O)CN)CC1. The predicted molar refractivity (Wildman–Crippen MR) is 67.5 cm³/mol. The van der Waals surface area contributed by atoms with Gasteiger partial charge in [0.2, 0.25) is 0 Å². The normalized spacial score (nSPS) is 23.2. The number of hydrogen-bond donors (Lipinski definition) is 2. The highest BCUT2D eigenvalue weighted by atomic mass is 16.3. The molecule has 0 aliphatic carbocycles. The van der Waals surface area contributed by atoms with Gasteiger partial charge in [0.1, 0.15) is 0 Å². The number of nitrogens with zero attached hydrogens (tertiary/aromatic N) is 2. The van der Waals surface area contributed by atoms with Gasteiger partial charge in [-0.05, 0) is 26.3 Å². The number of piperazine rings is 1. The second-order valence-electron chi connectivity index (χ2n) is 5.13. The standard InChI is InChI=1S/C12H27N3O/c1-3-5-14-7-9-15(10-8-14)6-4-12(2,16)11-13/h16H,3-11,13H2,1-2H3. The van der Waals surface area contributed by atoms with Crippen LogP contribution < -0.4 is 5.73 Å². The van der Waals surface area contributed by atoms with Crippen molar-refractivity contribution in [2.24, 2.45) is 5.73 Å². The van der Waals surface area contributed by atoms with Gasteiger partial charge in [0.25, 0.3) is 0 Å². The van der Waals surface area contributed by atoms with Gasteiger partial charge in [0.15, 0.2) is 0 Å². The Labute approximate surface area is 99.4 Å². The highest BCUT2D eigenvalue weighted by molar-refractivity contribution is 4.78. The Morgan fingerprint density at radius 1 is 1.12 bits per heavy atom. The molecule has 1 saturated heterocycles. The maximum Gasteiger partial charge on any atom is 0.0753 e. The molecule has 0 saturated carbocycles. The fourth-order valence-corrected chi connectivity index (χ4v) is 2.05. The van der Waals surface area contributed by atoms with Gasteiger partial charge in [-0.3, -0.25) is 0 Å². The molecule has 96 valence electrons. The van der Waals surface area contributed by atoms with Gasteiger partial charge in [0, 0.05) is 39.3 Å². The first-order valence-corrected chi connectivity index (χ1v) is 6.44. The zero-order valence-electron chi connectivity index (χ0n) is 10.8. The second kappa shape index (κ2) is 6.55. The maximum absolute atomic E-state index is 9.83. The Morgan fingerprint density at radius 2 is 1.62 bits per heavy atom. The summed E-state index contributed by atoms with van der Waals surface area (Å²) in [6.07, 6.45) is 2.01. The summed E-state index contributed by atoms with van der Waals surface area (Å²) >= 11 is 0. The van der Waals surface area contributed by atoms with Crippen molar-refractivity contribution in [3.8, 4) is 0 Å². The van der Waals surface area contributed by atoms with Crippen LogP contribution in [0.5, 0.6) is 0 Å². The van der Waals surface area contributed by atoms with Crippen molar-refractivity contribution >= 4 is 0 Å². The Bertz CT molecular complexity index is 189. The fraction of sp³-hybridized carbons (Fsp3) is 1.00. The summed E-state index contributed by atoms with van der Waals surface area (Å²) in [6, 6.07) is 0. The van der Waals surface area contributed by atoms with Crippen LogP contribution in [0.25, 0.3) is 0 Å². The summed E-state index contributed by atoms with van der Waals surface area (Å²) in [7, 11) is 0. The first-order chi connectivity index (χ1) is 7.57. The molecule has 1 atom stereocenters. The molecule has 1 unspecified atom stereocenters. The van der Waals surface area contributed by atoms with E-state index in [1.807, 2.05) is 6.92 Å². The molecule has 0 aromatic carbocycles. The van der Waals surface area contributed by atoms with Crippen LogP contribution in [0.4, 0.5) is 0 Å². The van der Waals surface area contributed by atoms with Gasteiger partial charge in [-0.2, -0.15) is 0 Å². The third-order valence-electron chi connectivity index (χ3n) is 3.41. The highest BCUT2D eigenvalue weighted by Gasteiger charge is 2.21. The van der Waals surface area contributed by atoms with E-state index in [0.29, 0.717) is 6.54 Å². The monoisotopic (exact) mass is 229 g/mol. The van der Waals surface area contributed by atoms with Crippen molar-refractivity contribution in [3.05, 3.63) is 0 Å². The van der Waals surface area contributed by atoms with Crippen molar-refractivity contribution in [2.45, 2.75) is 32.3 Å². The second-order valence-corrected chi connectivity index (χ2v) is 5.13. The lowest BCUT2D eigenvalue weighted by atomic mass is 10.0. The third-order valence-corrected chi connectivity index (χ3v) is 3.41. The summed E-state index contributed by atoms with van der Waals surface area (Å²) in [5.74, 6) is 0. The first-order valence-electron chi connectivity index (χ1n) is 6.44. The molecule has 0 amide bonds. The van der Waals surface area contributed by atoms with Crippen LogP contribution in [-0.2, 0) is 0 Å². The molecule has 0 aromatic heterocycles. The lowest BCUT2D eigenvalue weighted by molar-refractivity contribution is 0.0391. The van der Waals surface area contributed by atoms with Crippen LogP contribution in [-0.4, -0.2) is 66.3 Å². The van der Waals surface area contributed by atoms with Gasteiger partial charge in [0.05, 0.1) is 5.60 Å². The van der Waals surface area contributed by atoms with E-state index in [1.165, 1.54) is 26.1 Å². The van der Waals surface area contributed by atoms with Crippen LogP contribution in [0.3, 0.4) is 0 Å². The molecule has 3 N–H and O–H groups in total. The predicted octanol–water partition coefficient (Wildman–Crippen LogP) is 0.114. The van der Waals surface area contributed by atoms with E-state index >= 15 is 0 Å². The van der Waals surface area contributed by atoms with E-state index in [9.17, 15) is 5.11 Å². The molecule has 0 radical (unpaired) electrons. The molecule has 0 spiro atoms. The van der Waals surface area contributed by atoms with Crippen molar-refractivity contribution < 1.29 is 5.11 Å². The fourth-order valence-electron chi connectivity index (χ4n) is 2.05. The topological polar surface area (TPSA) is 52.7 Å². The van der Waals surface area contributed by atoms with Crippen LogP contribution >= 0.6 is 0 Å². The molecule has 0 bridgehead atoms. The van der Waals surface area contributed by atoms with E-state index in [-0.39, 0.29) is 0 Å². The molecule has 4 heteroatoms. The van der Waals surface area contributed by atoms with Gasteiger partial charge in [-0.15, -0.1) is 0 Å². The van der Waals surface area contributed by atoms with E-state index < -0.39 is 5.60 Å². The molecule has 1 aliphatic rings. The Hall–Kier alpha value is -0.160. The van der Waals surface area contributed by atoms with E-state index in [1.54, 1.807) is 0 Å². The minimum atomic E-state index is -0.694. The minimum absolute atomic E-state index is 0.350. The molecular formula is C12H27N3O. The molecule has 1 aliphatic heterocycles. The number of nitrogens with two attached hydrogens (primary N) is 1. The van der Waals surface area contributed by atoms with Gasteiger partial charge < -0.3 is 20.6 Å². The lowest BCUT2D eigenvalue weighted by Gasteiger charge is -2.35. The van der Waals surface area contributed by atoms with Crippen LogP contribution in [0.15, 0.2) is 0 Å². The molecule has 0 aromatic rings. The zero-order chi connectivity index (χ0) is 12.0. The Kier molecular flexibility index (Phi) is 5.69. The molecule has 1 rings (SSSR count). The van der Waals surface area contributed by atoms with Crippen molar-refractivity contribution in [2.75, 3.05) is 45.8 Å². The molecular weight excluding hydrogens is 202 g/mol. The van der Waals surface area contributed by atoms with Crippen molar-refractivity contribution in [3.63, 3.8) is 0 Å². The first kappa shape index (κ1) is 13.9. The summed E-state index contributed by atoms with van der Waals surface area (Å²) in [5, 5.41) is 9.83. The summed E-state index contributed by atoms with van der Waals surface area (Å²) < 4.78 is 0. The summed E-state index contributed by atoms with van der Waals surface area (Å²) in [4.78, 5) is 4.94. The quantitative estimate of drug-likeness (QED) is 0.679. The molecule has 1 fully saturated rings. The zero-order valence-corrected chi connectivity index (χ0v) is 10.8. The summed E-state index contributed by atoms with van der Waals surface area (Å²) in [5.41, 5.74) is 4.81. The average Bonchev–Trinajstić information content (AvgIpc) is 2.29. The smallest absolute Gasteiger partial charge is 0.0753 e. The van der Waals surface area contributed by atoms with Crippen molar-refractivity contribution in [1.82, 2.24) is 9.80 Å². The molecule has 16 heavy (non-hydrogen) atoms. The third kappa shape index (κ3) is 4.78. The van der Waals surface area contributed by atoms with E-state index in [0.717, 1.165) is 26.1 Å². The molecule has 1 heterocycles. The average molecular weight is 229 g/mol. The number of rotatable bonds is 6. The van der Waals surface area contributed by atoms with Crippen molar-refractivity contribution in [1.29, 1.82) is 0 Å². The van der Waals surface area contributed by atoms with Crippen LogP contribution in [0.1, 0.15) is 26.7 Å². The van der Waals surface area contributed by atoms with Gasteiger partial charge in [-0.25, -0.2) is 0 Å². The van der Waals surface area contributed by atoms with Crippen LogP contribution in [0.2, 0.25) is 0 Å². The minimum Gasteiger partial charge on any atom is -0.389 e. The van der Waals surface area contributed by atoms with Gasteiger partial charge >= 0.3 is 0 Å². The largest absolute Gasteiger partial charge is 0.389 e. The molecule has 4 nitrogen and oxygen atoms in total. The number of hydrogen-bond acceptors (Lipinski definition) is 4. The van der Waals surface area contributed by atoms with Gasteiger partial charge in [-0.1, -0.05) is 6.92 Å². The maximum atomic E-state index is 9.83. The van der Waals surface area contributed by atoms with E-state index in [4.69, 9.17) is 5.73 Å².